The van der Waals surface area contributed by atoms with E-state index in [2.05, 4.69) is 52.0 Å². The first-order valence-electron chi connectivity index (χ1n) is 11.2. The van der Waals surface area contributed by atoms with E-state index in [0.717, 1.165) is 48.7 Å². The van der Waals surface area contributed by atoms with Gasteiger partial charge in [-0.3, -0.25) is 0 Å². The zero-order valence-electron chi connectivity index (χ0n) is 19.1. The Labute approximate surface area is 182 Å². The average Bonchev–Trinajstić information content (AvgIpc) is 2.79. The van der Waals surface area contributed by atoms with Gasteiger partial charge in [0.1, 0.15) is 24.7 Å². The normalized spacial score (nSPS) is 13.1. The van der Waals surface area contributed by atoms with E-state index < -0.39 is 0 Å². The molecule has 30 heavy (non-hydrogen) atoms. The molecule has 0 aromatic heterocycles. The van der Waals surface area contributed by atoms with Crippen molar-refractivity contribution >= 4 is 0 Å². The quantitative estimate of drug-likeness (QED) is 0.323. The van der Waals surface area contributed by atoms with Crippen molar-refractivity contribution in [1.29, 1.82) is 0 Å². The molecular formula is C26H38O4. The van der Waals surface area contributed by atoms with Gasteiger partial charge in [-0.25, -0.2) is 0 Å². The fourth-order valence-corrected chi connectivity index (χ4v) is 2.73. The maximum Gasteiger partial charge on any atom is 0.119 e. The molecule has 166 valence electrons. The molecule has 0 aliphatic rings. The van der Waals surface area contributed by atoms with Crippen molar-refractivity contribution in [2.24, 2.45) is 11.8 Å². The summed E-state index contributed by atoms with van der Waals surface area (Å²) < 4.78 is 22.8. The van der Waals surface area contributed by atoms with Gasteiger partial charge in [-0.1, -0.05) is 64.8 Å². The molecule has 0 saturated carbocycles. The van der Waals surface area contributed by atoms with Crippen LogP contribution in [-0.2, 0) is 9.47 Å². The van der Waals surface area contributed by atoms with Crippen molar-refractivity contribution in [2.45, 2.75) is 40.5 Å². The zero-order valence-corrected chi connectivity index (χ0v) is 19.1. The van der Waals surface area contributed by atoms with Crippen LogP contribution in [-0.4, -0.2) is 39.6 Å². The van der Waals surface area contributed by atoms with Crippen LogP contribution in [0.25, 0.3) is 11.1 Å². The third-order valence-electron chi connectivity index (χ3n) is 5.23. The Bertz CT molecular complexity index is 620. The largest absolute Gasteiger partial charge is 0.491 e. The van der Waals surface area contributed by atoms with E-state index in [-0.39, 0.29) is 0 Å². The van der Waals surface area contributed by atoms with E-state index in [9.17, 15) is 0 Å². The molecule has 4 nitrogen and oxygen atoms in total. The smallest absolute Gasteiger partial charge is 0.119 e. The number of hydrogen-bond donors (Lipinski definition) is 0. The highest BCUT2D eigenvalue weighted by molar-refractivity contribution is 5.64. The fourth-order valence-electron chi connectivity index (χ4n) is 2.73. The summed E-state index contributed by atoms with van der Waals surface area (Å²) in [6.07, 6.45) is 2.28. The molecule has 2 unspecified atom stereocenters. The van der Waals surface area contributed by atoms with Crippen LogP contribution in [0.4, 0.5) is 0 Å². The topological polar surface area (TPSA) is 36.9 Å². The molecule has 2 aromatic carbocycles. The van der Waals surface area contributed by atoms with Gasteiger partial charge in [0.05, 0.1) is 13.2 Å². The average molecular weight is 415 g/mol. The minimum absolute atomic E-state index is 0.572. The van der Waals surface area contributed by atoms with Crippen molar-refractivity contribution < 1.29 is 18.9 Å². The molecule has 2 rings (SSSR count). The summed E-state index contributed by atoms with van der Waals surface area (Å²) in [6.45, 7) is 12.7. The molecule has 0 spiro atoms. The second-order valence-corrected chi connectivity index (χ2v) is 7.92. The first kappa shape index (κ1) is 24.2. The van der Waals surface area contributed by atoms with Gasteiger partial charge < -0.3 is 18.9 Å². The van der Waals surface area contributed by atoms with Gasteiger partial charge in [0.15, 0.2) is 0 Å². The van der Waals surface area contributed by atoms with Crippen molar-refractivity contribution in [3.63, 3.8) is 0 Å². The van der Waals surface area contributed by atoms with Crippen LogP contribution in [0.5, 0.6) is 11.5 Å². The summed E-state index contributed by atoms with van der Waals surface area (Å²) in [4.78, 5) is 0. The minimum Gasteiger partial charge on any atom is -0.491 e. The summed E-state index contributed by atoms with van der Waals surface area (Å²) >= 11 is 0. The van der Waals surface area contributed by atoms with E-state index in [1.54, 1.807) is 0 Å². The van der Waals surface area contributed by atoms with Crippen molar-refractivity contribution in [3.8, 4) is 22.6 Å². The molecule has 2 aromatic rings. The molecule has 0 saturated heterocycles. The van der Waals surface area contributed by atoms with Crippen LogP contribution >= 0.6 is 0 Å². The maximum absolute atomic E-state index is 5.76. The van der Waals surface area contributed by atoms with Gasteiger partial charge in [-0.15, -0.1) is 0 Å². The van der Waals surface area contributed by atoms with E-state index in [1.165, 1.54) is 0 Å². The molecule has 0 amide bonds. The summed E-state index contributed by atoms with van der Waals surface area (Å²) in [5, 5.41) is 0. The van der Waals surface area contributed by atoms with Crippen LogP contribution in [0.15, 0.2) is 48.5 Å². The number of ether oxygens (including phenoxy) is 4. The van der Waals surface area contributed by atoms with Gasteiger partial charge in [0.25, 0.3) is 0 Å². The third kappa shape index (κ3) is 9.19. The second-order valence-electron chi connectivity index (χ2n) is 7.92. The van der Waals surface area contributed by atoms with E-state index in [1.807, 2.05) is 24.3 Å². The highest BCUT2D eigenvalue weighted by atomic mass is 16.5. The fraction of sp³-hybridized carbons (Fsp3) is 0.538. The number of hydrogen-bond acceptors (Lipinski definition) is 4. The van der Waals surface area contributed by atoms with Gasteiger partial charge in [-0.05, 0) is 47.2 Å². The molecule has 4 heteroatoms. The van der Waals surface area contributed by atoms with Crippen molar-refractivity contribution in [1.82, 2.24) is 0 Å². The monoisotopic (exact) mass is 414 g/mol. The molecule has 0 heterocycles. The lowest BCUT2D eigenvalue weighted by atomic mass is 10.1. The molecular weight excluding hydrogens is 376 g/mol. The van der Waals surface area contributed by atoms with Gasteiger partial charge >= 0.3 is 0 Å². The Morgan fingerprint density at radius 1 is 0.567 bits per heavy atom. The van der Waals surface area contributed by atoms with Crippen LogP contribution in [0.2, 0.25) is 0 Å². The number of rotatable bonds is 15. The molecule has 0 radical (unpaired) electrons. The summed E-state index contributed by atoms with van der Waals surface area (Å²) in [5.74, 6) is 2.93. The lowest BCUT2D eigenvalue weighted by Crippen LogP contribution is -2.11. The predicted molar refractivity (Wildman–Crippen MR) is 123 cm³/mol. The molecule has 0 aliphatic heterocycles. The number of benzene rings is 2. The zero-order chi connectivity index (χ0) is 21.6. The molecule has 0 aliphatic carbocycles. The summed E-state index contributed by atoms with van der Waals surface area (Å²) in [7, 11) is 0. The Morgan fingerprint density at radius 3 is 1.27 bits per heavy atom. The van der Waals surface area contributed by atoms with Crippen molar-refractivity contribution in [2.75, 3.05) is 39.6 Å². The van der Waals surface area contributed by atoms with Crippen LogP contribution in [0.3, 0.4) is 0 Å². The first-order valence-corrected chi connectivity index (χ1v) is 11.2. The van der Waals surface area contributed by atoms with Gasteiger partial charge in [0.2, 0.25) is 0 Å². The first-order chi connectivity index (χ1) is 14.6. The van der Waals surface area contributed by atoms with Crippen LogP contribution in [0, 0.1) is 11.8 Å². The standard InChI is InChI=1S/C26H38O4/c1-5-21(3)19-27-15-17-29-25-11-7-23(8-12-25)24-9-13-26(14-10-24)30-18-16-28-20-22(4)6-2/h7-14,21-22H,5-6,15-20H2,1-4H3. The Hall–Kier alpha value is -2.04. The molecule has 2 atom stereocenters. The van der Waals surface area contributed by atoms with E-state index in [4.69, 9.17) is 18.9 Å². The lowest BCUT2D eigenvalue weighted by Gasteiger charge is -2.11. The van der Waals surface area contributed by atoms with Crippen LogP contribution in [0.1, 0.15) is 40.5 Å². The van der Waals surface area contributed by atoms with Crippen molar-refractivity contribution in [3.05, 3.63) is 48.5 Å². The third-order valence-corrected chi connectivity index (χ3v) is 5.23. The summed E-state index contributed by atoms with van der Waals surface area (Å²) in [6, 6.07) is 16.3. The maximum atomic E-state index is 5.76. The minimum atomic E-state index is 0.572. The Morgan fingerprint density at radius 2 is 0.933 bits per heavy atom. The van der Waals surface area contributed by atoms with Gasteiger partial charge in [-0.2, -0.15) is 0 Å². The lowest BCUT2D eigenvalue weighted by molar-refractivity contribution is 0.0771. The molecule has 0 bridgehead atoms. The second kappa shape index (κ2) is 14.1. The Kier molecular flexibility index (Phi) is 11.3. The van der Waals surface area contributed by atoms with E-state index >= 15 is 0 Å². The van der Waals surface area contributed by atoms with Gasteiger partial charge in [0, 0.05) is 13.2 Å². The predicted octanol–water partition coefficient (Wildman–Crippen LogP) is 6.24. The molecule has 0 N–H and O–H groups in total. The summed E-state index contributed by atoms with van der Waals surface area (Å²) in [5.41, 5.74) is 2.30. The highest BCUT2D eigenvalue weighted by Crippen LogP contribution is 2.24. The highest BCUT2D eigenvalue weighted by Gasteiger charge is 2.02. The van der Waals surface area contributed by atoms with E-state index in [0.29, 0.717) is 38.3 Å². The molecule has 0 fully saturated rings. The Balaban J connectivity index is 1.70. The van der Waals surface area contributed by atoms with Crippen LogP contribution < -0.4 is 9.47 Å². The SMILES string of the molecule is CCC(C)COCCOc1ccc(-c2ccc(OCCOCC(C)CC)cc2)cc1.